The highest BCUT2D eigenvalue weighted by Crippen LogP contribution is 2.26. The summed E-state index contributed by atoms with van der Waals surface area (Å²) in [6, 6.07) is 20.1. The molecule has 40 heteroatoms. The smallest absolute Gasteiger partial charge is 0.243 e. The van der Waals surface area contributed by atoms with Gasteiger partial charge in [0.05, 0.1) is 0 Å². The van der Waals surface area contributed by atoms with E-state index in [2.05, 4.69) is 105 Å². The van der Waals surface area contributed by atoms with Crippen LogP contribution in [0.15, 0.2) is 152 Å². The Kier molecular flexibility index (Phi) is 31.8. The Hall–Kier alpha value is -15.2. The van der Waals surface area contributed by atoms with Crippen LogP contribution in [-0.2, 0) is 80.0 Å². The summed E-state index contributed by atoms with van der Waals surface area (Å²) in [5.41, 5.74) is 34.7. The maximum Gasteiger partial charge on any atom is 0.243 e. The van der Waals surface area contributed by atoms with Crippen LogP contribution in [0, 0.1) is 27.0 Å². The van der Waals surface area contributed by atoms with E-state index in [1.807, 2.05) is 0 Å². The number of nitrogens with two attached hydrogens (primary N) is 5. The number of H-pyrrole nitrogens is 5. The second kappa shape index (κ2) is 43.9. The molecule has 10 aromatic rings. The number of aromatic amines is 5. The number of guanidine groups is 5. The molecule has 0 bridgehead atoms. The molecule has 5 aromatic carbocycles. The van der Waals surface area contributed by atoms with E-state index < -0.39 is 149 Å². The number of nitrogens with one attached hydrogen (secondary N) is 25. The number of aromatic nitrogens is 5. The number of benzene rings is 5. The average molecular weight is 1710 g/mol. The largest absolute Gasteiger partial charge is 0.370 e. The van der Waals surface area contributed by atoms with Crippen molar-refractivity contribution in [2.45, 2.75) is 157 Å². The third-order valence-electron chi connectivity index (χ3n) is 21.7. The van der Waals surface area contributed by atoms with Crippen molar-refractivity contribution in [2.75, 3.05) is 32.7 Å². The molecule has 660 valence electrons. The molecule has 10 amide bonds. The van der Waals surface area contributed by atoms with Crippen LogP contribution < -0.4 is 108 Å². The molecule has 0 saturated carbocycles. The van der Waals surface area contributed by atoms with Crippen LogP contribution in [0.2, 0.25) is 0 Å². The van der Waals surface area contributed by atoms with Crippen molar-refractivity contribution in [3.63, 3.8) is 0 Å². The van der Waals surface area contributed by atoms with Gasteiger partial charge in [0.1, 0.15) is 60.4 Å². The van der Waals surface area contributed by atoms with Crippen LogP contribution in [0.25, 0.3) is 54.5 Å². The Morgan fingerprint density at radius 3 is 0.536 bits per heavy atom. The third-order valence-corrected chi connectivity index (χ3v) is 21.7. The number of para-hydroxylation sites is 5. The fourth-order valence-electron chi connectivity index (χ4n) is 15.4. The molecule has 5 aromatic heterocycles. The molecular formula is C85H110N30O10. The van der Waals surface area contributed by atoms with Gasteiger partial charge in [0.15, 0.2) is 29.8 Å². The first-order valence-corrected chi connectivity index (χ1v) is 41.4. The summed E-state index contributed by atoms with van der Waals surface area (Å²) >= 11 is 0. The van der Waals surface area contributed by atoms with Crippen LogP contribution in [0.3, 0.4) is 0 Å². The molecule has 1 fully saturated rings. The van der Waals surface area contributed by atoms with Gasteiger partial charge in [0.2, 0.25) is 59.1 Å². The van der Waals surface area contributed by atoms with E-state index in [4.69, 9.17) is 55.7 Å². The molecule has 6 heterocycles. The van der Waals surface area contributed by atoms with Gasteiger partial charge in [0.25, 0.3) is 0 Å². The lowest BCUT2D eigenvalue weighted by molar-refractivity contribution is -0.136. The van der Waals surface area contributed by atoms with Crippen molar-refractivity contribution in [1.82, 2.24) is 105 Å². The molecule has 11 rings (SSSR count). The molecule has 1 aliphatic heterocycles. The summed E-state index contributed by atoms with van der Waals surface area (Å²) in [6.07, 6.45) is 6.27. The second-order valence-electron chi connectivity index (χ2n) is 30.8. The highest BCUT2D eigenvalue weighted by atomic mass is 16.2. The summed E-state index contributed by atoms with van der Waals surface area (Å²) in [7, 11) is 0. The number of hydrogen-bond donors (Lipinski definition) is 30. The topological polar surface area (TPSA) is 679 Å². The van der Waals surface area contributed by atoms with Crippen molar-refractivity contribution in [3.8, 4) is 0 Å². The van der Waals surface area contributed by atoms with Crippen molar-refractivity contribution >= 4 is 143 Å². The molecule has 10 atom stereocenters. The van der Waals surface area contributed by atoms with E-state index in [0.29, 0.717) is 82.3 Å². The summed E-state index contributed by atoms with van der Waals surface area (Å²) < 4.78 is 0. The summed E-state index contributed by atoms with van der Waals surface area (Å²) in [5, 5.41) is 85.3. The van der Waals surface area contributed by atoms with Crippen molar-refractivity contribution in [2.24, 2.45) is 28.7 Å². The highest BCUT2D eigenvalue weighted by Gasteiger charge is 2.39. The van der Waals surface area contributed by atoms with Gasteiger partial charge in [-0.1, -0.05) is 91.0 Å². The molecule has 0 radical (unpaired) electrons. The van der Waals surface area contributed by atoms with E-state index in [9.17, 15) is 0 Å². The van der Waals surface area contributed by atoms with Crippen molar-refractivity contribution in [1.29, 1.82) is 27.0 Å². The second-order valence-corrected chi connectivity index (χ2v) is 30.8. The zero-order valence-corrected chi connectivity index (χ0v) is 68.8. The van der Waals surface area contributed by atoms with Gasteiger partial charge in [0, 0.05) is 150 Å². The summed E-state index contributed by atoms with van der Waals surface area (Å²) in [5.74, 6) is -11.3. The van der Waals surface area contributed by atoms with Gasteiger partial charge in [-0.05, 0) is 122 Å². The lowest BCUT2D eigenvalue weighted by Gasteiger charge is -2.29. The number of fused-ring (bicyclic) bond motifs is 5. The Morgan fingerprint density at radius 1 is 0.232 bits per heavy atom. The van der Waals surface area contributed by atoms with Gasteiger partial charge < -0.3 is 133 Å². The molecule has 125 heavy (non-hydrogen) atoms. The maximum atomic E-state index is 15.8. The first-order valence-electron chi connectivity index (χ1n) is 41.4. The standard InChI is InChI=1S/C85H110N30O10/c86-81(87)96-31-11-26-61-71(116)111-66(36-46-41-101-56-21-6-1-16-51(46)56)76(121)106-62(27-12-32-97-82(88)89)72(117)112-68(38-48-43-103-58-23-8-3-18-53(48)58)78(123)108-64(29-14-34-99-84(92)93)74(119)114-70(40-50-45-105-60-25-10-5-20-55(50)60)80(125)110-65(30-15-35-100-85(94)95)75(120)115-69(39-49-44-104-59-24-9-4-19-54(49)59)79(124)109-63(28-13-33-98-83(90)91)73(118)113-67(77(122)107-61)37-47-42-102-57-22-7-2-17-52(47)57/h1-10,16-25,41-45,61-70,101-105H,11-15,26-40H2,(H,106,121)(H,107,122)(H,108,123)(H,109,124)(H,110,125)(H,111,116)(H,112,117)(H,113,118)(H,114,119)(H,115,120)(H4,86,87,96)(H4,88,89,97)(H4,90,91,98)(H4,92,93,99)(H4,94,95,100)/t61-,62-,63-,64-,65-,66-,67-,68-,69-,70-/m0/s1. The van der Waals surface area contributed by atoms with Gasteiger partial charge in [-0.15, -0.1) is 0 Å². The van der Waals surface area contributed by atoms with Crippen LogP contribution in [0.5, 0.6) is 0 Å². The zero-order valence-electron chi connectivity index (χ0n) is 68.8. The van der Waals surface area contributed by atoms with Gasteiger partial charge in [-0.2, -0.15) is 0 Å². The monoisotopic (exact) mass is 1710 g/mol. The molecule has 40 nitrogen and oxygen atoms in total. The first-order chi connectivity index (χ1) is 60.2. The van der Waals surface area contributed by atoms with E-state index in [1.54, 1.807) is 152 Å². The predicted molar refractivity (Wildman–Crippen MR) is 475 cm³/mol. The summed E-state index contributed by atoms with van der Waals surface area (Å²) in [6.45, 7) is 0.0361. The Balaban J connectivity index is 1.05. The van der Waals surface area contributed by atoms with E-state index in [1.165, 1.54) is 0 Å². The molecule has 0 unspecified atom stereocenters. The van der Waals surface area contributed by atoms with Gasteiger partial charge >= 0.3 is 0 Å². The van der Waals surface area contributed by atoms with Crippen LogP contribution in [0.4, 0.5) is 0 Å². The molecule has 35 N–H and O–H groups in total. The Morgan fingerprint density at radius 2 is 0.376 bits per heavy atom. The molecule has 1 aliphatic rings. The summed E-state index contributed by atoms with van der Waals surface area (Å²) in [4.78, 5) is 173. The van der Waals surface area contributed by atoms with E-state index in [0.717, 1.165) is 0 Å². The van der Waals surface area contributed by atoms with Crippen LogP contribution in [0.1, 0.15) is 92.0 Å². The normalized spacial score (nSPS) is 20.2. The quantitative estimate of drug-likeness (QED) is 0.0157. The number of hydrogen-bond acceptors (Lipinski definition) is 15. The van der Waals surface area contributed by atoms with Crippen LogP contribution >= 0.6 is 0 Å². The molecule has 0 spiro atoms. The SMILES string of the molecule is N=C(N)NCCC[C@@H]1NC(=O)[C@H](Cc2c[nH]c3ccccc23)NC(=O)[C@H](CCCNC(=N)N)NC(=O)[C@H](Cc2c[nH]c3ccccc23)NC(=O)[C@H](CCCNC(=N)N)NC(=O)[C@H](Cc2c[nH]c3ccccc23)NC(=O)[C@H](CCCNC(=N)N)NC(=O)[C@H](Cc2c[nH]c3ccccc23)NC(=O)[C@H](CCCNC(=N)N)NC(=O)[C@H](Cc2c[nH]c3ccccc23)NC1=O. The van der Waals surface area contributed by atoms with Crippen LogP contribution in [-0.4, -0.2) is 207 Å². The Bertz CT molecular complexity index is 4770. The number of carbonyl (C=O) groups is 10. The Labute approximate surface area is 718 Å². The molecule has 1 saturated heterocycles. The predicted octanol–water partition coefficient (Wildman–Crippen LogP) is -0.216. The lowest BCUT2D eigenvalue weighted by Crippen LogP contribution is -2.62. The van der Waals surface area contributed by atoms with Gasteiger partial charge in [-0.25, -0.2) is 0 Å². The van der Waals surface area contributed by atoms with Crippen molar-refractivity contribution in [3.05, 3.63) is 180 Å². The lowest BCUT2D eigenvalue weighted by atomic mass is 10.00. The maximum absolute atomic E-state index is 15.8. The minimum atomic E-state index is -1.60. The molecular weight excluding hydrogens is 1600 g/mol. The van der Waals surface area contributed by atoms with E-state index >= 15 is 47.9 Å². The fraction of sp³-hybridized carbons (Fsp3) is 0.353. The number of rotatable bonds is 30. The number of amides is 10. The number of carbonyl (C=O) groups excluding carboxylic acids is 10. The minimum absolute atomic E-state index is 0.00722. The third kappa shape index (κ3) is 25.7. The zero-order chi connectivity index (χ0) is 89.1. The fourth-order valence-corrected chi connectivity index (χ4v) is 15.4. The highest BCUT2D eigenvalue weighted by molar-refractivity contribution is 6.02. The average Bonchev–Trinajstić information content (AvgIpc) is 1.73. The van der Waals surface area contributed by atoms with Crippen molar-refractivity contribution < 1.29 is 47.9 Å². The van der Waals surface area contributed by atoms with E-state index in [-0.39, 0.29) is 129 Å². The first kappa shape index (κ1) is 90.6. The minimum Gasteiger partial charge on any atom is -0.370 e. The molecule has 0 aliphatic carbocycles. The van der Waals surface area contributed by atoms with Gasteiger partial charge in [-0.3, -0.25) is 75.0 Å².